The van der Waals surface area contributed by atoms with Crippen molar-refractivity contribution in [3.63, 3.8) is 0 Å². The Morgan fingerprint density at radius 3 is 2.36 bits per heavy atom. The van der Waals surface area contributed by atoms with Crippen LogP contribution in [0.3, 0.4) is 0 Å². The topological polar surface area (TPSA) is 38.4 Å². The van der Waals surface area contributed by atoms with E-state index < -0.39 is 0 Å². The molecule has 0 saturated carbocycles. The van der Waals surface area contributed by atoms with Gasteiger partial charge in [-0.2, -0.15) is 5.10 Å². The van der Waals surface area contributed by atoms with Crippen LogP contribution in [-0.2, 0) is 0 Å². The van der Waals surface area contributed by atoms with Gasteiger partial charge in [-0.3, -0.25) is 0 Å². The van der Waals surface area contributed by atoms with E-state index in [4.69, 9.17) is 5.84 Å². The second kappa shape index (κ2) is 3.53. The maximum atomic E-state index is 5.12. The number of hydrogen-bond donors (Lipinski definition) is 1. The minimum absolute atomic E-state index is 0.845. The first-order chi connectivity index (χ1) is 5.24. The summed E-state index contributed by atoms with van der Waals surface area (Å²) in [6.45, 7) is 1.88. The van der Waals surface area contributed by atoms with Crippen molar-refractivity contribution in [1.29, 1.82) is 0 Å². The molecule has 0 fully saturated rings. The average molecular weight is 213 g/mol. The van der Waals surface area contributed by atoms with E-state index >= 15 is 0 Å². The van der Waals surface area contributed by atoms with Crippen LogP contribution < -0.4 is 5.84 Å². The third-order valence-corrected chi connectivity index (χ3v) is 1.98. The normalized spacial score (nSPS) is 11.6. The summed E-state index contributed by atoms with van der Waals surface area (Å²) in [6, 6.07) is 7.86. The Labute approximate surface area is 74.2 Å². The van der Waals surface area contributed by atoms with Gasteiger partial charge in [0.25, 0.3) is 0 Å². The molecular weight excluding hydrogens is 204 g/mol. The van der Waals surface area contributed by atoms with Gasteiger partial charge in [0, 0.05) is 4.47 Å². The maximum absolute atomic E-state index is 5.12. The van der Waals surface area contributed by atoms with Gasteiger partial charge in [-0.1, -0.05) is 28.1 Å². The Bertz CT molecular complexity index is 264. The first-order valence-corrected chi connectivity index (χ1v) is 4.04. The Morgan fingerprint density at radius 1 is 1.36 bits per heavy atom. The molecule has 1 aromatic carbocycles. The number of hydrazone groups is 1. The first-order valence-electron chi connectivity index (χ1n) is 3.24. The summed E-state index contributed by atoms with van der Waals surface area (Å²) in [5.41, 5.74) is 1.90. The number of rotatable bonds is 1. The first kappa shape index (κ1) is 8.27. The van der Waals surface area contributed by atoms with Gasteiger partial charge in [0.1, 0.15) is 0 Å². The standard InChI is InChI=1S/C8H9BrN2/c1-6(11-10)7-2-4-8(9)5-3-7/h2-5H,10H2,1H3/b11-6-. The van der Waals surface area contributed by atoms with Crippen molar-refractivity contribution in [1.82, 2.24) is 0 Å². The summed E-state index contributed by atoms with van der Waals surface area (Å²) < 4.78 is 1.06. The Morgan fingerprint density at radius 2 is 1.91 bits per heavy atom. The molecule has 0 saturated heterocycles. The molecule has 0 radical (unpaired) electrons. The lowest BCUT2D eigenvalue weighted by Gasteiger charge is -1.97. The summed E-state index contributed by atoms with van der Waals surface area (Å²) in [7, 11) is 0. The summed E-state index contributed by atoms with van der Waals surface area (Å²) in [4.78, 5) is 0. The van der Waals surface area contributed by atoms with E-state index in [1.54, 1.807) is 0 Å². The quantitative estimate of drug-likeness (QED) is 0.433. The minimum atomic E-state index is 0.845. The summed E-state index contributed by atoms with van der Waals surface area (Å²) in [6.07, 6.45) is 0. The molecule has 0 aliphatic carbocycles. The molecule has 11 heavy (non-hydrogen) atoms. The third kappa shape index (κ3) is 2.05. The van der Waals surface area contributed by atoms with Crippen molar-refractivity contribution >= 4 is 21.6 Å². The van der Waals surface area contributed by atoms with Crippen molar-refractivity contribution in [3.8, 4) is 0 Å². The molecule has 0 bridgehead atoms. The molecule has 0 aromatic heterocycles. The van der Waals surface area contributed by atoms with Crippen LogP contribution >= 0.6 is 15.9 Å². The summed E-state index contributed by atoms with van der Waals surface area (Å²) in [5.74, 6) is 5.12. The largest absolute Gasteiger partial charge is 0.323 e. The highest BCUT2D eigenvalue weighted by Gasteiger charge is 1.94. The Balaban J connectivity index is 2.99. The maximum Gasteiger partial charge on any atom is 0.0641 e. The van der Waals surface area contributed by atoms with Crippen LogP contribution in [0.25, 0.3) is 0 Å². The van der Waals surface area contributed by atoms with Crippen molar-refractivity contribution in [2.24, 2.45) is 10.9 Å². The van der Waals surface area contributed by atoms with Crippen LogP contribution in [0.5, 0.6) is 0 Å². The molecule has 0 atom stereocenters. The molecule has 2 nitrogen and oxygen atoms in total. The van der Waals surface area contributed by atoms with E-state index in [1.807, 2.05) is 31.2 Å². The van der Waals surface area contributed by atoms with Gasteiger partial charge in [-0.05, 0) is 24.6 Å². The highest BCUT2D eigenvalue weighted by molar-refractivity contribution is 9.10. The van der Waals surface area contributed by atoms with Gasteiger partial charge in [0.05, 0.1) is 5.71 Å². The van der Waals surface area contributed by atoms with E-state index in [0.29, 0.717) is 0 Å². The zero-order valence-corrected chi connectivity index (χ0v) is 7.80. The lowest BCUT2D eigenvalue weighted by atomic mass is 10.1. The van der Waals surface area contributed by atoms with Gasteiger partial charge in [-0.15, -0.1) is 0 Å². The Hall–Kier alpha value is -0.830. The molecule has 0 aliphatic rings. The van der Waals surface area contributed by atoms with E-state index in [2.05, 4.69) is 21.0 Å². The monoisotopic (exact) mass is 212 g/mol. The summed E-state index contributed by atoms with van der Waals surface area (Å²) in [5, 5.41) is 3.59. The lowest BCUT2D eigenvalue weighted by Crippen LogP contribution is -1.97. The molecule has 0 amide bonds. The van der Waals surface area contributed by atoms with Gasteiger partial charge < -0.3 is 5.84 Å². The van der Waals surface area contributed by atoms with Crippen LogP contribution in [0, 0.1) is 0 Å². The van der Waals surface area contributed by atoms with Crippen LogP contribution in [0.15, 0.2) is 33.8 Å². The molecule has 0 spiro atoms. The molecule has 3 heteroatoms. The smallest absolute Gasteiger partial charge is 0.0641 e. The molecule has 58 valence electrons. The number of halogens is 1. The number of nitrogens with zero attached hydrogens (tertiary/aromatic N) is 1. The number of benzene rings is 1. The van der Waals surface area contributed by atoms with Crippen molar-refractivity contribution in [2.45, 2.75) is 6.92 Å². The summed E-state index contributed by atoms with van der Waals surface area (Å²) >= 11 is 3.35. The molecule has 0 aliphatic heterocycles. The lowest BCUT2D eigenvalue weighted by molar-refractivity contribution is 1.24. The fourth-order valence-corrected chi connectivity index (χ4v) is 1.03. The number of hydrogen-bond acceptors (Lipinski definition) is 2. The molecule has 0 heterocycles. The number of nitrogens with two attached hydrogens (primary N) is 1. The van der Waals surface area contributed by atoms with Gasteiger partial charge >= 0.3 is 0 Å². The van der Waals surface area contributed by atoms with Crippen molar-refractivity contribution in [3.05, 3.63) is 34.3 Å². The van der Waals surface area contributed by atoms with E-state index in [-0.39, 0.29) is 0 Å². The minimum Gasteiger partial charge on any atom is -0.323 e. The fourth-order valence-electron chi connectivity index (χ4n) is 0.766. The Kier molecular flexibility index (Phi) is 2.65. The zero-order valence-electron chi connectivity index (χ0n) is 6.21. The van der Waals surface area contributed by atoms with Crippen LogP contribution in [0.2, 0.25) is 0 Å². The van der Waals surface area contributed by atoms with E-state index in [1.165, 1.54) is 0 Å². The zero-order chi connectivity index (χ0) is 8.27. The predicted molar refractivity (Wildman–Crippen MR) is 50.5 cm³/mol. The van der Waals surface area contributed by atoms with Crippen LogP contribution in [0.4, 0.5) is 0 Å². The third-order valence-electron chi connectivity index (χ3n) is 1.46. The van der Waals surface area contributed by atoms with Crippen LogP contribution in [-0.4, -0.2) is 5.71 Å². The van der Waals surface area contributed by atoms with Crippen molar-refractivity contribution in [2.75, 3.05) is 0 Å². The second-order valence-electron chi connectivity index (χ2n) is 2.22. The SMILES string of the molecule is C/C(=N/N)c1ccc(Br)cc1. The average Bonchev–Trinajstić information content (AvgIpc) is 2.05. The fraction of sp³-hybridized carbons (Fsp3) is 0.125. The highest BCUT2D eigenvalue weighted by atomic mass is 79.9. The van der Waals surface area contributed by atoms with Gasteiger partial charge in [0.2, 0.25) is 0 Å². The van der Waals surface area contributed by atoms with Gasteiger partial charge in [-0.25, -0.2) is 0 Å². The van der Waals surface area contributed by atoms with Gasteiger partial charge in [0.15, 0.2) is 0 Å². The molecule has 1 aromatic rings. The second-order valence-corrected chi connectivity index (χ2v) is 3.14. The van der Waals surface area contributed by atoms with E-state index in [0.717, 1.165) is 15.7 Å². The molecular formula is C8H9BrN2. The molecule has 2 N–H and O–H groups in total. The van der Waals surface area contributed by atoms with Crippen molar-refractivity contribution < 1.29 is 0 Å². The predicted octanol–water partition coefficient (Wildman–Crippen LogP) is 2.13. The highest BCUT2D eigenvalue weighted by Crippen LogP contribution is 2.10. The molecule has 1 rings (SSSR count). The van der Waals surface area contributed by atoms with E-state index in [9.17, 15) is 0 Å². The molecule has 0 unspecified atom stereocenters. The van der Waals surface area contributed by atoms with Crippen LogP contribution in [0.1, 0.15) is 12.5 Å².